The number of carbonyl (C=O) groups excluding carboxylic acids is 1. The molecule has 1 fully saturated rings. The predicted molar refractivity (Wildman–Crippen MR) is 67.4 cm³/mol. The number of aliphatic hydroxyl groups is 1. The summed E-state index contributed by atoms with van der Waals surface area (Å²) in [6.07, 6.45) is -1.40. The molecule has 0 radical (unpaired) electrons. The van der Waals surface area contributed by atoms with Crippen LogP contribution in [-0.2, 0) is 4.74 Å². The third-order valence-corrected chi connectivity index (χ3v) is 2.84. The number of ether oxygens (including phenoxy) is 3. The molecule has 0 aliphatic carbocycles. The van der Waals surface area contributed by atoms with E-state index in [-0.39, 0.29) is 12.7 Å². The average molecular weight is 267 g/mol. The number of carbonyl (C=O) groups is 1. The lowest BCUT2D eigenvalue weighted by molar-refractivity contribution is 0.102. The molecule has 104 valence electrons. The van der Waals surface area contributed by atoms with E-state index in [0.717, 1.165) is 0 Å². The second-order valence-electron chi connectivity index (χ2n) is 4.30. The monoisotopic (exact) mass is 267 g/mol. The van der Waals surface area contributed by atoms with Gasteiger partial charge in [-0.25, -0.2) is 4.79 Å². The van der Waals surface area contributed by atoms with Crippen molar-refractivity contribution in [2.45, 2.75) is 19.1 Å². The quantitative estimate of drug-likeness (QED) is 0.839. The lowest BCUT2D eigenvalue weighted by Gasteiger charge is -2.16. The average Bonchev–Trinajstić information content (AvgIpc) is 2.81. The van der Waals surface area contributed by atoms with Crippen LogP contribution in [0.3, 0.4) is 0 Å². The highest BCUT2D eigenvalue weighted by Crippen LogP contribution is 2.29. The van der Waals surface area contributed by atoms with Crippen molar-refractivity contribution in [2.75, 3.05) is 20.3 Å². The van der Waals surface area contributed by atoms with Crippen molar-refractivity contribution in [1.29, 1.82) is 0 Å². The lowest BCUT2D eigenvalue weighted by atomic mass is 10.1. The number of rotatable bonds is 5. The molecule has 6 nitrogen and oxygen atoms in total. The van der Waals surface area contributed by atoms with Crippen LogP contribution in [0, 0.1) is 0 Å². The van der Waals surface area contributed by atoms with Gasteiger partial charge in [-0.15, -0.1) is 0 Å². The van der Waals surface area contributed by atoms with Crippen molar-refractivity contribution in [3.63, 3.8) is 0 Å². The Morgan fingerprint density at radius 2 is 2.37 bits per heavy atom. The Bertz CT molecular complexity index is 460. The maximum atomic E-state index is 10.9. The van der Waals surface area contributed by atoms with Crippen LogP contribution in [-0.4, -0.2) is 37.6 Å². The molecule has 1 heterocycles. The number of cyclic esters (lactones) is 1. The molecule has 1 aromatic rings. The van der Waals surface area contributed by atoms with Gasteiger partial charge in [0.15, 0.2) is 6.10 Å². The zero-order chi connectivity index (χ0) is 13.8. The van der Waals surface area contributed by atoms with Gasteiger partial charge < -0.3 is 24.6 Å². The highest BCUT2D eigenvalue weighted by Gasteiger charge is 2.23. The van der Waals surface area contributed by atoms with Crippen LogP contribution in [0.15, 0.2) is 18.2 Å². The Hall–Kier alpha value is -1.95. The van der Waals surface area contributed by atoms with E-state index >= 15 is 0 Å². The molecule has 1 unspecified atom stereocenters. The highest BCUT2D eigenvalue weighted by molar-refractivity contribution is 5.69. The van der Waals surface area contributed by atoms with Crippen LogP contribution < -0.4 is 14.8 Å². The van der Waals surface area contributed by atoms with Crippen molar-refractivity contribution in [2.24, 2.45) is 0 Å². The summed E-state index contributed by atoms with van der Waals surface area (Å²) in [5, 5.41) is 12.2. The fourth-order valence-corrected chi connectivity index (χ4v) is 1.82. The zero-order valence-electron chi connectivity index (χ0n) is 10.9. The molecule has 2 atom stereocenters. The van der Waals surface area contributed by atoms with Gasteiger partial charge in [0.05, 0.1) is 19.8 Å². The zero-order valence-corrected chi connectivity index (χ0v) is 10.9. The second kappa shape index (κ2) is 5.79. The molecule has 6 heteroatoms. The molecule has 0 spiro atoms. The van der Waals surface area contributed by atoms with Crippen LogP contribution in [0.2, 0.25) is 0 Å². The Morgan fingerprint density at radius 3 is 2.95 bits per heavy atom. The molecular weight excluding hydrogens is 250 g/mol. The van der Waals surface area contributed by atoms with E-state index in [1.54, 1.807) is 32.2 Å². The van der Waals surface area contributed by atoms with Gasteiger partial charge >= 0.3 is 6.09 Å². The van der Waals surface area contributed by atoms with Gasteiger partial charge in [0.2, 0.25) is 0 Å². The smallest absolute Gasteiger partial charge is 0.407 e. The normalized spacial score (nSPS) is 19.5. The minimum Gasteiger partial charge on any atom is -0.497 e. The molecule has 1 aromatic carbocycles. The number of methoxy groups -OCH3 is 1. The fraction of sp³-hybridized carbons (Fsp3) is 0.462. The Labute approximate surface area is 111 Å². The Balaban J connectivity index is 2.06. The molecule has 1 aliphatic rings. The summed E-state index contributed by atoms with van der Waals surface area (Å²) in [6, 6.07) is 5.20. The third-order valence-electron chi connectivity index (χ3n) is 2.84. The van der Waals surface area contributed by atoms with Crippen molar-refractivity contribution in [3.8, 4) is 11.5 Å². The highest BCUT2D eigenvalue weighted by atomic mass is 16.6. The number of nitrogens with one attached hydrogen (secondary N) is 1. The van der Waals surface area contributed by atoms with Crippen molar-refractivity contribution in [1.82, 2.24) is 5.32 Å². The fourth-order valence-electron chi connectivity index (χ4n) is 1.82. The summed E-state index contributed by atoms with van der Waals surface area (Å²) in [7, 11) is 1.56. The minimum absolute atomic E-state index is 0.228. The lowest BCUT2D eigenvalue weighted by Crippen LogP contribution is -2.22. The Kier molecular flexibility index (Phi) is 4.11. The number of hydrogen-bond acceptors (Lipinski definition) is 5. The molecule has 0 bridgehead atoms. The van der Waals surface area contributed by atoms with Crippen LogP contribution in [0.25, 0.3) is 0 Å². The summed E-state index contributed by atoms with van der Waals surface area (Å²) < 4.78 is 15.7. The first kappa shape index (κ1) is 13.5. The van der Waals surface area contributed by atoms with Gasteiger partial charge in [0.1, 0.15) is 18.1 Å². The van der Waals surface area contributed by atoms with Gasteiger partial charge in [0, 0.05) is 11.6 Å². The summed E-state index contributed by atoms with van der Waals surface area (Å²) in [4.78, 5) is 10.9. The van der Waals surface area contributed by atoms with Gasteiger partial charge in [-0.05, 0) is 19.1 Å². The van der Waals surface area contributed by atoms with E-state index in [4.69, 9.17) is 14.2 Å². The van der Waals surface area contributed by atoms with Crippen molar-refractivity contribution in [3.05, 3.63) is 23.8 Å². The van der Waals surface area contributed by atoms with E-state index in [9.17, 15) is 9.90 Å². The first-order chi connectivity index (χ1) is 9.10. The summed E-state index contributed by atoms with van der Waals surface area (Å²) in [5.74, 6) is 1.17. The van der Waals surface area contributed by atoms with Gasteiger partial charge in [-0.3, -0.25) is 0 Å². The topological polar surface area (TPSA) is 77.0 Å². The largest absolute Gasteiger partial charge is 0.497 e. The van der Waals surface area contributed by atoms with E-state index in [0.29, 0.717) is 23.6 Å². The van der Waals surface area contributed by atoms with E-state index < -0.39 is 12.2 Å². The summed E-state index contributed by atoms with van der Waals surface area (Å²) in [5.41, 5.74) is 0.665. The molecule has 2 rings (SSSR count). The molecule has 1 saturated heterocycles. The van der Waals surface area contributed by atoms with E-state index in [2.05, 4.69) is 5.32 Å². The number of benzene rings is 1. The molecule has 19 heavy (non-hydrogen) atoms. The Morgan fingerprint density at radius 1 is 1.58 bits per heavy atom. The third kappa shape index (κ3) is 3.29. The number of hydrogen-bond donors (Lipinski definition) is 2. The van der Waals surface area contributed by atoms with Crippen LogP contribution in [0.4, 0.5) is 4.79 Å². The molecular formula is C13H17NO5. The second-order valence-corrected chi connectivity index (χ2v) is 4.30. The van der Waals surface area contributed by atoms with Crippen molar-refractivity contribution < 1.29 is 24.1 Å². The number of alkyl carbamates (subject to hydrolysis) is 1. The maximum Gasteiger partial charge on any atom is 0.407 e. The van der Waals surface area contributed by atoms with Crippen molar-refractivity contribution >= 4 is 6.09 Å². The molecule has 1 aliphatic heterocycles. The van der Waals surface area contributed by atoms with Crippen LogP contribution in [0.1, 0.15) is 18.6 Å². The molecule has 0 saturated carbocycles. The first-order valence-electron chi connectivity index (χ1n) is 6.03. The van der Waals surface area contributed by atoms with E-state index in [1.165, 1.54) is 0 Å². The maximum absolute atomic E-state index is 10.9. The standard InChI is InChI=1S/C13H17NO5/c1-8(15)11-4-3-9(17-2)5-12(11)18-7-10-6-14-13(16)19-10/h3-5,8,10,15H,6-7H2,1-2H3,(H,14,16)/t8-,10?/m0/s1. The summed E-state index contributed by atoms with van der Waals surface area (Å²) >= 11 is 0. The number of aliphatic hydroxyl groups excluding tert-OH is 1. The predicted octanol–water partition coefficient (Wildman–Crippen LogP) is 1.24. The van der Waals surface area contributed by atoms with Gasteiger partial charge in [-0.1, -0.05) is 0 Å². The van der Waals surface area contributed by atoms with E-state index in [1.807, 2.05) is 0 Å². The van der Waals surface area contributed by atoms with Crippen LogP contribution >= 0.6 is 0 Å². The van der Waals surface area contributed by atoms with Gasteiger partial charge in [-0.2, -0.15) is 0 Å². The molecule has 0 aromatic heterocycles. The van der Waals surface area contributed by atoms with Crippen LogP contribution in [0.5, 0.6) is 11.5 Å². The SMILES string of the molecule is COc1ccc([C@H](C)O)c(OCC2CNC(=O)O2)c1. The summed E-state index contributed by atoms with van der Waals surface area (Å²) in [6.45, 7) is 2.31. The minimum atomic E-state index is -0.648. The number of amides is 1. The molecule has 2 N–H and O–H groups in total. The first-order valence-corrected chi connectivity index (χ1v) is 6.03. The molecule has 1 amide bonds. The van der Waals surface area contributed by atoms with Gasteiger partial charge in [0.25, 0.3) is 0 Å².